The Bertz CT molecular complexity index is 368. The van der Waals surface area contributed by atoms with Crippen LogP contribution in [0.2, 0.25) is 5.02 Å². The molecule has 0 aliphatic heterocycles. The van der Waals surface area contributed by atoms with Crippen LogP contribution in [0.4, 0.5) is 5.69 Å². The molecule has 0 bridgehead atoms. The van der Waals surface area contributed by atoms with Crippen LogP contribution in [-0.4, -0.2) is 17.6 Å². The molecule has 1 atom stereocenters. The van der Waals surface area contributed by atoms with Crippen molar-refractivity contribution in [1.29, 1.82) is 0 Å². The summed E-state index contributed by atoms with van der Waals surface area (Å²) in [6, 6.07) is 4.25. The minimum absolute atomic E-state index is 0.00292. The molecule has 15 heavy (non-hydrogen) atoms. The van der Waals surface area contributed by atoms with Crippen molar-refractivity contribution in [3.63, 3.8) is 0 Å². The fourth-order valence-corrected chi connectivity index (χ4v) is 1.22. The van der Waals surface area contributed by atoms with Gasteiger partial charge in [-0.1, -0.05) is 17.7 Å². The number of benzene rings is 1. The highest BCUT2D eigenvalue weighted by molar-refractivity contribution is 6.34. The van der Waals surface area contributed by atoms with Gasteiger partial charge in [0.1, 0.15) is 12.4 Å². The van der Waals surface area contributed by atoms with E-state index in [1.807, 2.05) is 0 Å². The van der Waals surface area contributed by atoms with Gasteiger partial charge in [-0.3, -0.25) is 10.1 Å². The molecule has 0 spiro atoms. The molecule has 0 saturated heterocycles. The average Bonchev–Trinajstić information content (AvgIpc) is 2.15. The molecule has 0 fully saturated rings. The van der Waals surface area contributed by atoms with Gasteiger partial charge in [0, 0.05) is 12.1 Å². The first-order valence-corrected chi connectivity index (χ1v) is 4.71. The zero-order chi connectivity index (χ0) is 11.4. The Morgan fingerprint density at radius 1 is 1.67 bits per heavy atom. The summed E-state index contributed by atoms with van der Waals surface area (Å²) in [5.41, 5.74) is 5.32. The van der Waals surface area contributed by atoms with E-state index in [9.17, 15) is 10.1 Å². The lowest BCUT2D eigenvalue weighted by Gasteiger charge is -2.09. The smallest absolute Gasteiger partial charge is 0.291 e. The van der Waals surface area contributed by atoms with Crippen molar-refractivity contribution in [3.05, 3.63) is 33.3 Å². The van der Waals surface area contributed by atoms with Gasteiger partial charge < -0.3 is 10.5 Å². The third-order valence-electron chi connectivity index (χ3n) is 1.64. The molecule has 0 aliphatic carbocycles. The number of nitro benzene ring substituents is 1. The van der Waals surface area contributed by atoms with Crippen molar-refractivity contribution in [3.8, 4) is 5.75 Å². The van der Waals surface area contributed by atoms with E-state index >= 15 is 0 Å². The Hall–Kier alpha value is -1.33. The number of nitrogens with zero attached hydrogens (tertiary/aromatic N) is 1. The van der Waals surface area contributed by atoms with Gasteiger partial charge in [-0.15, -0.1) is 0 Å². The first-order chi connectivity index (χ1) is 7.02. The normalized spacial score (nSPS) is 12.2. The Morgan fingerprint density at radius 3 is 2.87 bits per heavy atom. The highest BCUT2D eigenvalue weighted by Gasteiger charge is 2.16. The molecular formula is C9H11ClN2O3. The van der Waals surface area contributed by atoms with Gasteiger partial charge in [-0.05, 0) is 13.0 Å². The molecule has 0 aliphatic rings. The number of ether oxygens (including phenoxy) is 1. The lowest BCUT2D eigenvalue weighted by molar-refractivity contribution is -0.384. The minimum Gasteiger partial charge on any atom is -0.490 e. The van der Waals surface area contributed by atoms with Crippen molar-refractivity contribution in [2.75, 3.05) is 6.61 Å². The molecule has 1 aromatic carbocycles. The van der Waals surface area contributed by atoms with Crippen LogP contribution in [0.15, 0.2) is 18.2 Å². The number of hydrogen-bond acceptors (Lipinski definition) is 4. The van der Waals surface area contributed by atoms with E-state index in [4.69, 9.17) is 22.1 Å². The largest absolute Gasteiger partial charge is 0.490 e. The Labute approximate surface area is 91.9 Å². The molecule has 1 rings (SSSR count). The molecule has 0 saturated carbocycles. The van der Waals surface area contributed by atoms with Crippen LogP contribution in [0.3, 0.4) is 0 Å². The molecule has 82 valence electrons. The maximum Gasteiger partial charge on any atom is 0.291 e. The van der Waals surface area contributed by atoms with E-state index in [1.165, 1.54) is 12.1 Å². The van der Waals surface area contributed by atoms with Gasteiger partial charge in [0.25, 0.3) is 5.69 Å². The van der Waals surface area contributed by atoms with Gasteiger partial charge in [0.05, 0.1) is 4.92 Å². The van der Waals surface area contributed by atoms with Crippen LogP contribution in [-0.2, 0) is 0 Å². The van der Waals surface area contributed by atoms with Crippen molar-refractivity contribution < 1.29 is 9.66 Å². The van der Waals surface area contributed by atoms with Crippen LogP contribution < -0.4 is 10.5 Å². The number of halogens is 1. The van der Waals surface area contributed by atoms with E-state index in [1.54, 1.807) is 13.0 Å². The summed E-state index contributed by atoms with van der Waals surface area (Å²) in [5.74, 6) is 0.281. The van der Waals surface area contributed by atoms with Crippen LogP contribution in [0, 0.1) is 10.1 Å². The zero-order valence-corrected chi connectivity index (χ0v) is 8.90. The monoisotopic (exact) mass is 230 g/mol. The summed E-state index contributed by atoms with van der Waals surface area (Å²) in [6.07, 6.45) is 0. The molecule has 0 radical (unpaired) electrons. The lowest BCUT2D eigenvalue weighted by atomic mass is 10.3. The van der Waals surface area contributed by atoms with Crippen LogP contribution in [0.5, 0.6) is 5.75 Å². The molecule has 2 N–H and O–H groups in total. The second-order valence-electron chi connectivity index (χ2n) is 3.13. The van der Waals surface area contributed by atoms with E-state index in [2.05, 4.69) is 0 Å². The van der Waals surface area contributed by atoms with E-state index in [-0.39, 0.29) is 29.1 Å². The van der Waals surface area contributed by atoms with E-state index in [0.29, 0.717) is 0 Å². The van der Waals surface area contributed by atoms with Crippen molar-refractivity contribution in [2.24, 2.45) is 5.73 Å². The molecule has 6 heteroatoms. The fourth-order valence-electron chi connectivity index (χ4n) is 0.973. The third-order valence-corrected chi connectivity index (χ3v) is 2.02. The molecule has 1 unspecified atom stereocenters. The summed E-state index contributed by atoms with van der Waals surface area (Å²) in [5, 5.41) is 10.6. The standard InChI is InChI=1S/C9H11ClN2O3/c1-6(11)5-15-8-4-2-3-7(9(8)10)12(13)14/h2-4,6H,5,11H2,1H3. The van der Waals surface area contributed by atoms with Gasteiger partial charge in [0.2, 0.25) is 0 Å². The highest BCUT2D eigenvalue weighted by atomic mass is 35.5. The minimum atomic E-state index is -0.554. The zero-order valence-electron chi connectivity index (χ0n) is 8.14. The van der Waals surface area contributed by atoms with Crippen molar-refractivity contribution in [2.45, 2.75) is 13.0 Å². The second kappa shape index (κ2) is 4.95. The number of nitro groups is 1. The average molecular weight is 231 g/mol. The molecule has 0 aromatic heterocycles. The van der Waals surface area contributed by atoms with Gasteiger partial charge in [-0.2, -0.15) is 0 Å². The SMILES string of the molecule is CC(N)COc1cccc([N+](=O)[O-])c1Cl. The number of hydrogen-bond donors (Lipinski definition) is 1. The maximum atomic E-state index is 10.6. The number of rotatable bonds is 4. The summed E-state index contributed by atoms with van der Waals surface area (Å²) in [6.45, 7) is 2.03. The molecule has 5 nitrogen and oxygen atoms in total. The van der Waals surface area contributed by atoms with Gasteiger partial charge in [-0.25, -0.2) is 0 Å². The first kappa shape index (κ1) is 11.7. The van der Waals surface area contributed by atoms with Crippen LogP contribution in [0.25, 0.3) is 0 Å². The van der Waals surface area contributed by atoms with Crippen molar-refractivity contribution >= 4 is 17.3 Å². The number of nitrogens with two attached hydrogens (primary N) is 1. The Morgan fingerprint density at radius 2 is 2.33 bits per heavy atom. The Balaban J connectivity index is 2.89. The fraction of sp³-hybridized carbons (Fsp3) is 0.333. The summed E-state index contributed by atoms with van der Waals surface area (Å²) < 4.78 is 5.23. The second-order valence-corrected chi connectivity index (χ2v) is 3.51. The summed E-state index contributed by atoms with van der Waals surface area (Å²) >= 11 is 5.78. The van der Waals surface area contributed by atoms with Gasteiger partial charge in [0.15, 0.2) is 5.02 Å². The predicted octanol–water partition coefficient (Wildman–Crippen LogP) is 1.97. The summed E-state index contributed by atoms with van der Waals surface area (Å²) in [4.78, 5) is 10.00. The predicted molar refractivity (Wildman–Crippen MR) is 57.3 cm³/mol. The molecule has 0 heterocycles. The molecule has 1 aromatic rings. The van der Waals surface area contributed by atoms with Crippen LogP contribution >= 0.6 is 11.6 Å². The Kier molecular flexibility index (Phi) is 3.88. The van der Waals surface area contributed by atoms with Crippen molar-refractivity contribution in [1.82, 2.24) is 0 Å². The highest BCUT2D eigenvalue weighted by Crippen LogP contribution is 2.33. The quantitative estimate of drug-likeness (QED) is 0.634. The van der Waals surface area contributed by atoms with Crippen LogP contribution in [0.1, 0.15) is 6.92 Å². The third kappa shape index (κ3) is 3.07. The van der Waals surface area contributed by atoms with E-state index < -0.39 is 4.92 Å². The summed E-state index contributed by atoms with van der Waals surface area (Å²) in [7, 11) is 0. The molecular weight excluding hydrogens is 220 g/mol. The lowest BCUT2D eigenvalue weighted by Crippen LogP contribution is -2.23. The topological polar surface area (TPSA) is 78.4 Å². The van der Waals surface area contributed by atoms with Gasteiger partial charge >= 0.3 is 0 Å². The first-order valence-electron chi connectivity index (χ1n) is 4.33. The maximum absolute atomic E-state index is 10.6. The molecule has 0 amide bonds. The van der Waals surface area contributed by atoms with E-state index in [0.717, 1.165) is 0 Å².